The van der Waals surface area contributed by atoms with Crippen LogP contribution in [-0.2, 0) is 35.0 Å². The van der Waals surface area contributed by atoms with Crippen molar-refractivity contribution in [3.05, 3.63) is 24.2 Å². The number of aliphatic hydroxyl groups excluding tert-OH is 1. The quantitative estimate of drug-likeness (QED) is 0.521. The van der Waals surface area contributed by atoms with Crippen molar-refractivity contribution in [2.24, 2.45) is 22.7 Å². The van der Waals surface area contributed by atoms with Gasteiger partial charge >= 0.3 is 11.9 Å². The molecule has 2 saturated carbocycles. The first-order valence-corrected chi connectivity index (χ1v) is 11.3. The maximum absolute atomic E-state index is 13.5. The van der Waals surface area contributed by atoms with Gasteiger partial charge in [-0.3, -0.25) is 14.4 Å². The fourth-order valence-corrected chi connectivity index (χ4v) is 6.51. The van der Waals surface area contributed by atoms with E-state index in [0.29, 0.717) is 25.7 Å². The number of ether oxygens (including phenoxy) is 3. The molecule has 1 aliphatic heterocycles. The molecule has 4 rings (SSSR count). The number of furan rings is 1. The molecule has 1 aromatic rings. The van der Waals surface area contributed by atoms with Gasteiger partial charge in [0.1, 0.15) is 24.4 Å². The number of carbonyl (C=O) groups is 3. The summed E-state index contributed by atoms with van der Waals surface area (Å²) >= 11 is 0. The van der Waals surface area contributed by atoms with Crippen molar-refractivity contribution in [2.45, 2.75) is 71.2 Å². The van der Waals surface area contributed by atoms with Crippen molar-refractivity contribution < 1.29 is 38.1 Å². The number of ketones is 1. The normalized spacial score (nSPS) is 40.6. The molecule has 7 atom stereocenters. The third-order valence-electron chi connectivity index (χ3n) is 8.43. The van der Waals surface area contributed by atoms with Gasteiger partial charge in [-0.2, -0.15) is 0 Å². The van der Waals surface area contributed by atoms with Gasteiger partial charge in [0.2, 0.25) is 0 Å². The lowest BCUT2D eigenvalue weighted by molar-refractivity contribution is -0.234. The Kier molecular flexibility index (Phi) is 5.74. The highest BCUT2D eigenvalue weighted by Crippen LogP contribution is 2.68. The summed E-state index contributed by atoms with van der Waals surface area (Å²) in [6.45, 7) is 6.66. The molecule has 1 spiro atoms. The minimum Gasteiger partial charge on any atom is -0.472 e. The van der Waals surface area contributed by atoms with E-state index in [1.54, 1.807) is 12.5 Å². The molecule has 32 heavy (non-hydrogen) atoms. The molecule has 176 valence electrons. The van der Waals surface area contributed by atoms with Gasteiger partial charge in [-0.05, 0) is 48.6 Å². The van der Waals surface area contributed by atoms with Crippen LogP contribution >= 0.6 is 0 Å². The van der Waals surface area contributed by atoms with Gasteiger partial charge in [0, 0.05) is 19.8 Å². The van der Waals surface area contributed by atoms with Crippen LogP contribution in [0.4, 0.5) is 0 Å². The Bertz CT molecular complexity index is 888. The summed E-state index contributed by atoms with van der Waals surface area (Å²) in [6, 6.07) is 1.91. The van der Waals surface area contributed by atoms with Crippen LogP contribution in [0.5, 0.6) is 0 Å². The number of Topliss-reactive ketones (excluding diaryl/α,β-unsaturated/α-hetero) is 1. The highest BCUT2D eigenvalue weighted by molar-refractivity contribution is 5.88. The third-order valence-corrected chi connectivity index (χ3v) is 8.43. The Labute approximate surface area is 187 Å². The van der Waals surface area contributed by atoms with E-state index >= 15 is 0 Å². The van der Waals surface area contributed by atoms with Gasteiger partial charge in [-0.1, -0.05) is 13.8 Å². The van der Waals surface area contributed by atoms with E-state index in [0.717, 1.165) is 5.56 Å². The van der Waals surface area contributed by atoms with E-state index in [9.17, 15) is 19.5 Å². The predicted octanol–water partition coefficient (Wildman–Crippen LogP) is 2.46. The fraction of sp³-hybridized carbons (Fsp3) is 0.708. The lowest BCUT2D eigenvalue weighted by atomic mass is 9.42. The van der Waals surface area contributed by atoms with Gasteiger partial charge < -0.3 is 23.7 Å². The molecule has 1 aromatic heterocycles. The van der Waals surface area contributed by atoms with Gasteiger partial charge in [0.25, 0.3) is 0 Å². The fourth-order valence-electron chi connectivity index (χ4n) is 6.51. The first-order chi connectivity index (χ1) is 15.1. The summed E-state index contributed by atoms with van der Waals surface area (Å²) in [4.78, 5) is 37.1. The molecule has 8 heteroatoms. The van der Waals surface area contributed by atoms with Gasteiger partial charge in [0.05, 0.1) is 24.5 Å². The minimum absolute atomic E-state index is 0.161. The minimum atomic E-state index is -1.38. The molecule has 0 amide bonds. The molecule has 0 unspecified atom stereocenters. The predicted molar refractivity (Wildman–Crippen MR) is 111 cm³/mol. The van der Waals surface area contributed by atoms with Crippen LogP contribution in [-0.4, -0.2) is 53.9 Å². The van der Waals surface area contributed by atoms with Crippen LogP contribution in [0.15, 0.2) is 23.0 Å². The molecule has 0 radical (unpaired) electrons. The summed E-state index contributed by atoms with van der Waals surface area (Å²) in [5.41, 5.74) is -1.70. The van der Waals surface area contributed by atoms with Crippen LogP contribution in [0.3, 0.4) is 0 Å². The first kappa shape index (κ1) is 23.0. The van der Waals surface area contributed by atoms with Gasteiger partial charge in [-0.15, -0.1) is 0 Å². The Hall–Kier alpha value is -2.19. The second-order valence-electron chi connectivity index (χ2n) is 9.89. The van der Waals surface area contributed by atoms with Crippen molar-refractivity contribution in [3.8, 4) is 0 Å². The number of hydrogen-bond donors (Lipinski definition) is 1. The van der Waals surface area contributed by atoms with Crippen molar-refractivity contribution in [1.29, 1.82) is 0 Å². The van der Waals surface area contributed by atoms with Gasteiger partial charge in [0.15, 0.2) is 5.78 Å². The van der Waals surface area contributed by atoms with Gasteiger partial charge in [-0.25, -0.2) is 0 Å². The Morgan fingerprint density at radius 2 is 1.97 bits per heavy atom. The van der Waals surface area contributed by atoms with Crippen LogP contribution in [0.25, 0.3) is 0 Å². The van der Waals surface area contributed by atoms with E-state index in [2.05, 4.69) is 6.92 Å². The Balaban J connectivity index is 1.78. The van der Waals surface area contributed by atoms with Crippen LogP contribution in [0.1, 0.15) is 52.5 Å². The summed E-state index contributed by atoms with van der Waals surface area (Å²) in [7, 11) is 0. The summed E-state index contributed by atoms with van der Waals surface area (Å²) in [5, 5.41) is 11.4. The zero-order valence-corrected chi connectivity index (χ0v) is 19.1. The monoisotopic (exact) mass is 448 g/mol. The Morgan fingerprint density at radius 1 is 1.25 bits per heavy atom. The molecule has 3 aliphatic rings. The van der Waals surface area contributed by atoms with Crippen LogP contribution in [0.2, 0.25) is 0 Å². The number of carbonyl (C=O) groups excluding carboxylic acids is 3. The Morgan fingerprint density at radius 3 is 2.53 bits per heavy atom. The van der Waals surface area contributed by atoms with E-state index in [4.69, 9.17) is 18.6 Å². The standard InChI is InChI=1S/C24H32O8/c1-14-20(27)21(28)23(12-30-15(2)25)18(22(14,4)9-7-17-8-10-29-11-17)5-6-19(32-16(3)26)24(23)13-31-24/h8,10-11,14,18-19,21,28H,5-7,9,12-13H2,1-4H3/t14-,18-,19+,21+,22+,23+,24-/m1/s1. The summed E-state index contributed by atoms with van der Waals surface area (Å²) in [6.07, 6.45) is 3.89. The van der Waals surface area contributed by atoms with Crippen molar-refractivity contribution in [1.82, 2.24) is 0 Å². The van der Waals surface area contributed by atoms with E-state index < -0.39 is 46.5 Å². The topological polar surface area (TPSA) is 116 Å². The van der Waals surface area contributed by atoms with E-state index in [1.807, 2.05) is 13.0 Å². The average Bonchev–Trinajstić information content (AvgIpc) is 3.36. The number of aryl methyl sites for hydroxylation is 1. The molecule has 2 aliphatic carbocycles. The molecule has 0 bridgehead atoms. The lowest BCUT2D eigenvalue weighted by Gasteiger charge is -2.62. The molecule has 1 N–H and O–H groups in total. The van der Waals surface area contributed by atoms with Crippen LogP contribution < -0.4 is 0 Å². The number of fused-ring (bicyclic) bond motifs is 2. The molecular weight excluding hydrogens is 416 g/mol. The summed E-state index contributed by atoms with van der Waals surface area (Å²) < 4.78 is 22.3. The smallest absolute Gasteiger partial charge is 0.303 e. The highest BCUT2D eigenvalue weighted by atomic mass is 16.6. The maximum Gasteiger partial charge on any atom is 0.303 e. The SMILES string of the molecule is CC(=O)OC[C@@]12[C@H](CC[C@H](OC(C)=O)[C@]13CO3)[C@@](C)(CCc1ccoc1)[C@H](C)C(=O)[C@@H]2O. The maximum atomic E-state index is 13.5. The number of aliphatic hydroxyl groups is 1. The molecule has 1 saturated heterocycles. The number of esters is 2. The van der Waals surface area contributed by atoms with Crippen molar-refractivity contribution in [3.63, 3.8) is 0 Å². The second kappa shape index (κ2) is 7.99. The average molecular weight is 449 g/mol. The number of epoxide rings is 1. The van der Waals surface area contributed by atoms with E-state index in [-0.39, 0.29) is 24.9 Å². The third kappa shape index (κ3) is 3.30. The van der Waals surface area contributed by atoms with Crippen LogP contribution in [0, 0.1) is 22.7 Å². The molecular formula is C24H32O8. The van der Waals surface area contributed by atoms with Crippen molar-refractivity contribution >= 4 is 17.7 Å². The zero-order chi connectivity index (χ0) is 23.3. The zero-order valence-electron chi connectivity index (χ0n) is 19.1. The largest absolute Gasteiger partial charge is 0.472 e. The molecule has 8 nitrogen and oxygen atoms in total. The molecule has 2 heterocycles. The van der Waals surface area contributed by atoms with Crippen molar-refractivity contribution in [2.75, 3.05) is 13.2 Å². The lowest BCUT2D eigenvalue weighted by Crippen LogP contribution is -2.72. The molecule has 0 aromatic carbocycles. The second-order valence-corrected chi connectivity index (χ2v) is 9.89. The first-order valence-electron chi connectivity index (χ1n) is 11.3. The van der Waals surface area contributed by atoms with E-state index in [1.165, 1.54) is 13.8 Å². The summed E-state index contributed by atoms with van der Waals surface area (Å²) in [5.74, 6) is -1.82. The highest BCUT2D eigenvalue weighted by Gasteiger charge is 2.79. The number of rotatable bonds is 6. The number of hydrogen-bond acceptors (Lipinski definition) is 8. The molecule has 3 fully saturated rings.